The van der Waals surface area contributed by atoms with Gasteiger partial charge in [-0.1, -0.05) is 37.3 Å². The zero-order valence-electron chi connectivity index (χ0n) is 14.0. The van der Waals surface area contributed by atoms with Gasteiger partial charge >= 0.3 is 0 Å². The summed E-state index contributed by atoms with van der Waals surface area (Å²) in [5, 5.41) is 13.7. The third-order valence-corrected chi connectivity index (χ3v) is 4.38. The van der Waals surface area contributed by atoms with Crippen LogP contribution in [0, 0.1) is 0 Å². The molecule has 0 aromatic heterocycles. The first-order chi connectivity index (χ1) is 10.5. The van der Waals surface area contributed by atoms with Crippen molar-refractivity contribution < 1.29 is 5.11 Å². The van der Waals surface area contributed by atoms with E-state index in [4.69, 9.17) is 5.73 Å². The second-order valence-electron chi connectivity index (χ2n) is 6.15. The maximum absolute atomic E-state index is 10.5. The molecule has 0 amide bonds. The lowest BCUT2D eigenvalue weighted by Gasteiger charge is -2.24. The molecule has 0 bridgehead atoms. The molecule has 6 heteroatoms. The Morgan fingerprint density at radius 3 is 2.78 bits per heavy atom. The average molecular weight is 432 g/mol. The van der Waals surface area contributed by atoms with Crippen LogP contribution in [-0.2, 0) is 5.60 Å². The van der Waals surface area contributed by atoms with Gasteiger partial charge in [-0.2, -0.15) is 0 Å². The molecule has 1 heterocycles. The summed E-state index contributed by atoms with van der Waals surface area (Å²) < 4.78 is 0. The molecule has 0 spiro atoms. The van der Waals surface area contributed by atoms with Gasteiger partial charge in [0, 0.05) is 12.6 Å². The van der Waals surface area contributed by atoms with E-state index >= 15 is 0 Å². The SMILES string of the molecule is CCN1CCCC1CNC(N)=NCC(C)(O)c1ccccc1.I. The molecule has 0 radical (unpaired) electrons. The van der Waals surface area contributed by atoms with E-state index in [2.05, 4.69) is 22.1 Å². The van der Waals surface area contributed by atoms with Crippen LogP contribution < -0.4 is 11.1 Å². The summed E-state index contributed by atoms with van der Waals surface area (Å²) in [7, 11) is 0. The number of hydrogen-bond acceptors (Lipinski definition) is 3. The molecule has 1 aromatic rings. The van der Waals surface area contributed by atoms with E-state index in [1.807, 2.05) is 30.3 Å². The predicted octanol–water partition coefficient (Wildman–Crippen LogP) is 1.90. The summed E-state index contributed by atoms with van der Waals surface area (Å²) in [4.78, 5) is 6.76. The molecule has 2 atom stereocenters. The summed E-state index contributed by atoms with van der Waals surface area (Å²) in [5.74, 6) is 0.402. The van der Waals surface area contributed by atoms with Gasteiger partial charge in [0.1, 0.15) is 5.60 Å². The topological polar surface area (TPSA) is 73.9 Å². The Kier molecular flexibility index (Phi) is 8.28. The van der Waals surface area contributed by atoms with Crippen molar-refractivity contribution in [2.24, 2.45) is 10.7 Å². The fourth-order valence-corrected chi connectivity index (χ4v) is 2.95. The van der Waals surface area contributed by atoms with E-state index in [1.54, 1.807) is 6.92 Å². The standard InChI is InChI=1S/C17H28N4O.HI/c1-3-21-11-7-10-15(21)12-19-16(18)20-13-17(2,22)14-8-5-4-6-9-14;/h4-6,8-9,15,22H,3,7,10-13H2,1-2H3,(H3,18,19,20);1H. The molecule has 5 nitrogen and oxygen atoms in total. The number of rotatable bonds is 6. The summed E-state index contributed by atoms with van der Waals surface area (Å²) in [5.41, 5.74) is 5.78. The van der Waals surface area contributed by atoms with Gasteiger partial charge in [0.25, 0.3) is 0 Å². The molecule has 1 fully saturated rings. The van der Waals surface area contributed by atoms with Gasteiger partial charge < -0.3 is 16.2 Å². The number of aliphatic hydroxyl groups is 1. The smallest absolute Gasteiger partial charge is 0.188 e. The molecule has 1 saturated heterocycles. The Labute approximate surface area is 156 Å². The lowest BCUT2D eigenvalue weighted by molar-refractivity contribution is 0.0673. The lowest BCUT2D eigenvalue weighted by Crippen LogP contribution is -2.43. The van der Waals surface area contributed by atoms with E-state index in [1.165, 1.54) is 19.4 Å². The van der Waals surface area contributed by atoms with Gasteiger partial charge in [-0.3, -0.25) is 9.89 Å². The van der Waals surface area contributed by atoms with Crippen molar-refractivity contribution in [1.82, 2.24) is 10.2 Å². The minimum absolute atomic E-state index is 0. The van der Waals surface area contributed by atoms with Crippen LogP contribution in [0.5, 0.6) is 0 Å². The van der Waals surface area contributed by atoms with Gasteiger partial charge in [-0.05, 0) is 38.4 Å². The largest absolute Gasteiger partial charge is 0.384 e. The summed E-state index contributed by atoms with van der Waals surface area (Å²) in [6, 6.07) is 10.1. The molecular formula is C17H29IN4O. The number of hydrogen-bond donors (Lipinski definition) is 3. The molecule has 1 aliphatic rings. The Bertz CT molecular complexity index is 493. The summed E-state index contributed by atoms with van der Waals surface area (Å²) >= 11 is 0. The molecule has 130 valence electrons. The molecule has 2 unspecified atom stereocenters. The van der Waals surface area contributed by atoms with Crippen LogP contribution in [0.1, 0.15) is 32.3 Å². The van der Waals surface area contributed by atoms with Gasteiger partial charge in [0.2, 0.25) is 0 Å². The average Bonchev–Trinajstić information content (AvgIpc) is 2.99. The van der Waals surface area contributed by atoms with E-state index in [9.17, 15) is 5.11 Å². The van der Waals surface area contributed by atoms with Gasteiger partial charge in [0.05, 0.1) is 6.54 Å². The van der Waals surface area contributed by atoms with Crippen LogP contribution >= 0.6 is 24.0 Å². The highest BCUT2D eigenvalue weighted by atomic mass is 127. The highest BCUT2D eigenvalue weighted by Crippen LogP contribution is 2.20. The number of likely N-dealkylation sites (tertiary alicyclic amines) is 1. The van der Waals surface area contributed by atoms with Gasteiger partial charge in [0.15, 0.2) is 5.96 Å². The molecule has 0 saturated carbocycles. The zero-order valence-corrected chi connectivity index (χ0v) is 16.4. The third-order valence-electron chi connectivity index (χ3n) is 4.38. The quantitative estimate of drug-likeness (QED) is 0.365. The highest BCUT2D eigenvalue weighted by molar-refractivity contribution is 14.0. The van der Waals surface area contributed by atoms with Crippen LogP contribution in [-0.4, -0.2) is 48.2 Å². The molecule has 1 aromatic carbocycles. The number of nitrogens with two attached hydrogens (primary N) is 1. The highest BCUT2D eigenvalue weighted by Gasteiger charge is 2.24. The van der Waals surface area contributed by atoms with Crippen LogP contribution in [0.15, 0.2) is 35.3 Å². The van der Waals surface area contributed by atoms with E-state index in [-0.39, 0.29) is 30.5 Å². The lowest BCUT2D eigenvalue weighted by atomic mass is 9.96. The normalized spacial score (nSPS) is 21.5. The third kappa shape index (κ3) is 5.93. The van der Waals surface area contributed by atoms with Crippen molar-refractivity contribution in [3.63, 3.8) is 0 Å². The van der Waals surface area contributed by atoms with Crippen LogP contribution in [0.4, 0.5) is 0 Å². The van der Waals surface area contributed by atoms with Crippen molar-refractivity contribution in [3.05, 3.63) is 35.9 Å². The molecule has 2 rings (SSSR count). The van der Waals surface area contributed by atoms with Crippen molar-refractivity contribution >= 4 is 29.9 Å². The van der Waals surface area contributed by atoms with E-state index in [0.29, 0.717) is 12.0 Å². The van der Waals surface area contributed by atoms with Crippen molar-refractivity contribution in [2.75, 3.05) is 26.2 Å². The molecule has 4 N–H and O–H groups in total. The Balaban J connectivity index is 0.00000264. The second-order valence-corrected chi connectivity index (χ2v) is 6.15. The molecular weight excluding hydrogens is 403 g/mol. The number of aliphatic imine (C=N–C) groups is 1. The number of guanidine groups is 1. The first-order valence-electron chi connectivity index (χ1n) is 8.08. The van der Waals surface area contributed by atoms with Gasteiger partial charge in [-0.25, -0.2) is 0 Å². The fraction of sp³-hybridized carbons (Fsp3) is 0.588. The van der Waals surface area contributed by atoms with E-state index < -0.39 is 5.60 Å². The van der Waals surface area contributed by atoms with Crippen LogP contribution in [0.25, 0.3) is 0 Å². The Hall–Kier alpha value is -0.860. The van der Waals surface area contributed by atoms with Crippen LogP contribution in [0.3, 0.4) is 0 Å². The fourth-order valence-electron chi connectivity index (χ4n) is 2.95. The van der Waals surface area contributed by atoms with Crippen molar-refractivity contribution in [1.29, 1.82) is 0 Å². The summed E-state index contributed by atoms with van der Waals surface area (Å²) in [6.45, 7) is 7.26. The maximum atomic E-state index is 10.5. The molecule has 1 aliphatic heterocycles. The number of likely N-dealkylation sites (N-methyl/N-ethyl adjacent to an activating group) is 1. The number of benzene rings is 1. The first-order valence-corrected chi connectivity index (χ1v) is 8.08. The minimum atomic E-state index is -1.00. The monoisotopic (exact) mass is 432 g/mol. The predicted molar refractivity (Wildman–Crippen MR) is 106 cm³/mol. The minimum Gasteiger partial charge on any atom is -0.384 e. The first kappa shape index (κ1) is 20.2. The molecule has 0 aliphatic carbocycles. The second kappa shape index (κ2) is 9.44. The number of nitrogens with one attached hydrogen (secondary N) is 1. The Morgan fingerprint density at radius 2 is 2.13 bits per heavy atom. The Morgan fingerprint density at radius 1 is 1.43 bits per heavy atom. The van der Waals surface area contributed by atoms with Crippen LogP contribution in [0.2, 0.25) is 0 Å². The number of halogens is 1. The molecule has 23 heavy (non-hydrogen) atoms. The number of nitrogens with zero attached hydrogens (tertiary/aromatic N) is 2. The van der Waals surface area contributed by atoms with Gasteiger partial charge in [-0.15, -0.1) is 24.0 Å². The van der Waals surface area contributed by atoms with Crippen molar-refractivity contribution in [2.45, 2.75) is 38.3 Å². The van der Waals surface area contributed by atoms with E-state index in [0.717, 1.165) is 18.7 Å². The van der Waals surface area contributed by atoms with Crippen molar-refractivity contribution in [3.8, 4) is 0 Å². The maximum Gasteiger partial charge on any atom is 0.188 e. The summed E-state index contributed by atoms with van der Waals surface area (Å²) in [6.07, 6.45) is 2.45. The zero-order chi connectivity index (χ0) is 16.0.